The Balaban J connectivity index is 1.79. The summed E-state index contributed by atoms with van der Waals surface area (Å²) in [5, 5.41) is 23.1. The van der Waals surface area contributed by atoms with Gasteiger partial charge in [-0.25, -0.2) is 4.68 Å². The molecule has 0 bridgehead atoms. The Kier molecular flexibility index (Phi) is 4.11. The quantitative estimate of drug-likeness (QED) is 0.615. The van der Waals surface area contributed by atoms with Crippen LogP contribution in [0.1, 0.15) is 12.8 Å². The minimum atomic E-state index is -0.406. The Bertz CT molecular complexity index is 641. The van der Waals surface area contributed by atoms with Crippen LogP contribution in [0.15, 0.2) is 34.3 Å². The van der Waals surface area contributed by atoms with Crippen LogP contribution in [0.5, 0.6) is 0 Å². The lowest BCUT2D eigenvalue weighted by atomic mass is 10.2. The fourth-order valence-corrected chi connectivity index (χ4v) is 3.04. The Morgan fingerprint density at radius 1 is 1.48 bits per heavy atom. The largest absolute Gasteiger partial charge is 0.376 e. The monoisotopic (exact) mass is 307 g/mol. The van der Waals surface area contributed by atoms with Crippen LogP contribution in [0.3, 0.4) is 0 Å². The smallest absolute Gasteiger partial charge is 0.283 e. The molecule has 0 saturated carbocycles. The maximum absolute atomic E-state index is 11.0. The molecule has 1 aliphatic heterocycles. The molecule has 1 unspecified atom stereocenters. The van der Waals surface area contributed by atoms with Gasteiger partial charge in [0.15, 0.2) is 0 Å². The SMILES string of the molecule is O=[N+]([O-])c1ccccc1Sc1nnnn1CC1CCCO1. The van der Waals surface area contributed by atoms with Crippen molar-refractivity contribution in [3.8, 4) is 0 Å². The van der Waals surface area contributed by atoms with E-state index in [4.69, 9.17) is 4.74 Å². The van der Waals surface area contributed by atoms with Gasteiger partial charge in [0.25, 0.3) is 5.69 Å². The van der Waals surface area contributed by atoms with E-state index in [-0.39, 0.29) is 11.8 Å². The summed E-state index contributed by atoms with van der Waals surface area (Å²) < 4.78 is 7.20. The third-order valence-corrected chi connectivity index (χ3v) is 4.20. The average Bonchev–Trinajstić information content (AvgIpc) is 3.12. The third-order valence-electron chi connectivity index (χ3n) is 3.16. The van der Waals surface area contributed by atoms with E-state index in [1.165, 1.54) is 17.8 Å². The zero-order chi connectivity index (χ0) is 14.7. The van der Waals surface area contributed by atoms with Crippen molar-refractivity contribution in [1.29, 1.82) is 0 Å². The minimum Gasteiger partial charge on any atom is -0.376 e. The highest BCUT2D eigenvalue weighted by Gasteiger charge is 2.21. The number of tetrazole rings is 1. The number of hydrogen-bond acceptors (Lipinski definition) is 7. The van der Waals surface area contributed by atoms with Crippen molar-refractivity contribution >= 4 is 17.4 Å². The van der Waals surface area contributed by atoms with Crippen molar-refractivity contribution in [3.05, 3.63) is 34.4 Å². The first-order chi connectivity index (χ1) is 10.2. The first-order valence-corrected chi connectivity index (χ1v) is 7.35. The number of nitro groups is 1. The lowest BCUT2D eigenvalue weighted by Crippen LogP contribution is -2.16. The Morgan fingerprint density at radius 2 is 2.33 bits per heavy atom. The highest BCUT2D eigenvalue weighted by Crippen LogP contribution is 2.33. The lowest BCUT2D eigenvalue weighted by Gasteiger charge is -2.09. The van der Waals surface area contributed by atoms with Crippen molar-refractivity contribution in [1.82, 2.24) is 20.2 Å². The van der Waals surface area contributed by atoms with E-state index in [2.05, 4.69) is 15.5 Å². The van der Waals surface area contributed by atoms with Crippen LogP contribution in [-0.2, 0) is 11.3 Å². The molecule has 0 amide bonds. The molecule has 0 aliphatic carbocycles. The molecule has 1 atom stereocenters. The summed E-state index contributed by atoms with van der Waals surface area (Å²) in [6.07, 6.45) is 2.13. The van der Waals surface area contributed by atoms with E-state index < -0.39 is 4.92 Å². The van der Waals surface area contributed by atoms with Crippen molar-refractivity contribution < 1.29 is 9.66 Å². The number of aromatic nitrogens is 4. The van der Waals surface area contributed by atoms with Crippen LogP contribution in [0.2, 0.25) is 0 Å². The van der Waals surface area contributed by atoms with E-state index in [9.17, 15) is 10.1 Å². The fourth-order valence-electron chi connectivity index (χ4n) is 2.16. The predicted molar refractivity (Wildman–Crippen MR) is 74.0 cm³/mol. The first-order valence-electron chi connectivity index (χ1n) is 6.53. The Morgan fingerprint density at radius 3 is 3.10 bits per heavy atom. The normalized spacial score (nSPS) is 18.0. The molecule has 0 radical (unpaired) electrons. The zero-order valence-corrected chi connectivity index (χ0v) is 11.9. The molecule has 1 aromatic heterocycles. The fraction of sp³-hybridized carbons (Fsp3) is 0.417. The van der Waals surface area contributed by atoms with Gasteiger partial charge in [-0.05, 0) is 41.1 Å². The van der Waals surface area contributed by atoms with Crippen molar-refractivity contribution in [2.24, 2.45) is 0 Å². The molecule has 2 aromatic rings. The Labute approximate surface area is 124 Å². The summed E-state index contributed by atoms with van der Waals surface area (Å²) in [5.74, 6) is 0. The van der Waals surface area contributed by atoms with Crippen LogP contribution >= 0.6 is 11.8 Å². The van der Waals surface area contributed by atoms with Gasteiger partial charge in [0.2, 0.25) is 5.16 Å². The summed E-state index contributed by atoms with van der Waals surface area (Å²) >= 11 is 1.19. The molecule has 3 rings (SSSR count). The van der Waals surface area contributed by atoms with E-state index in [0.717, 1.165) is 19.4 Å². The summed E-state index contributed by atoms with van der Waals surface area (Å²) in [5.41, 5.74) is 0.0502. The molecule has 1 aliphatic rings. The average molecular weight is 307 g/mol. The van der Waals surface area contributed by atoms with Gasteiger partial charge in [0.1, 0.15) is 0 Å². The second-order valence-corrected chi connectivity index (χ2v) is 5.61. The highest BCUT2D eigenvalue weighted by atomic mass is 32.2. The molecule has 2 heterocycles. The number of ether oxygens (including phenoxy) is 1. The van der Waals surface area contributed by atoms with Gasteiger partial charge >= 0.3 is 0 Å². The van der Waals surface area contributed by atoms with Gasteiger partial charge < -0.3 is 4.74 Å². The van der Waals surface area contributed by atoms with Crippen LogP contribution in [0.4, 0.5) is 5.69 Å². The zero-order valence-electron chi connectivity index (χ0n) is 11.1. The highest BCUT2D eigenvalue weighted by molar-refractivity contribution is 7.99. The summed E-state index contributed by atoms with van der Waals surface area (Å²) in [7, 11) is 0. The Hall–Kier alpha value is -2.00. The number of rotatable bonds is 5. The molecule has 0 N–H and O–H groups in total. The molecule has 21 heavy (non-hydrogen) atoms. The second-order valence-electron chi connectivity index (χ2n) is 4.61. The molecule has 9 heteroatoms. The first kappa shape index (κ1) is 14.0. The van der Waals surface area contributed by atoms with Crippen LogP contribution in [0, 0.1) is 10.1 Å². The van der Waals surface area contributed by atoms with Gasteiger partial charge in [-0.1, -0.05) is 12.1 Å². The maximum atomic E-state index is 11.0. The second kappa shape index (κ2) is 6.19. The molecular weight excluding hydrogens is 294 g/mol. The molecule has 8 nitrogen and oxygen atoms in total. The molecule has 1 fully saturated rings. The molecule has 1 aromatic carbocycles. The van der Waals surface area contributed by atoms with Crippen LogP contribution in [0.25, 0.3) is 0 Å². The standard InChI is InChI=1S/C12H13N5O3S/c18-17(19)10-5-1-2-6-11(10)21-12-13-14-15-16(12)8-9-4-3-7-20-9/h1-2,5-6,9H,3-4,7-8H2. The van der Waals surface area contributed by atoms with Gasteiger partial charge in [-0.15, -0.1) is 5.10 Å². The van der Waals surface area contributed by atoms with Crippen LogP contribution < -0.4 is 0 Å². The van der Waals surface area contributed by atoms with E-state index in [1.807, 2.05) is 0 Å². The summed E-state index contributed by atoms with van der Waals surface area (Å²) in [4.78, 5) is 11.1. The van der Waals surface area contributed by atoms with Crippen molar-refractivity contribution in [2.75, 3.05) is 6.61 Å². The van der Waals surface area contributed by atoms with Crippen LogP contribution in [-0.4, -0.2) is 37.8 Å². The molecular formula is C12H13N5O3S. The van der Waals surface area contributed by atoms with Crippen molar-refractivity contribution in [3.63, 3.8) is 0 Å². The number of nitro benzene ring substituents is 1. The molecule has 110 valence electrons. The van der Waals surface area contributed by atoms with Crippen molar-refractivity contribution in [2.45, 2.75) is 35.5 Å². The molecule has 1 saturated heterocycles. The number of benzene rings is 1. The topological polar surface area (TPSA) is 96.0 Å². The number of hydrogen-bond donors (Lipinski definition) is 0. The minimum absolute atomic E-state index is 0.0502. The molecule has 0 spiro atoms. The van der Waals surface area contributed by atoms with E-state index in [1.54, 1.807) is 22.9 Å². The summed E-state index contributed by atoms with van der Waals surface area (Å²) in [6, 6.07) is 6.55. The van der Waals surface area contributed by atoms with Gasteiger partial charge in [0, 0.05) is 12.7 Å². The third kappa shape index (κ3) is 3.19. The van der Waals surface area contributed by atoms with Gasteiger partial charge in [-0.2, -0.15) is 0 Å². The predicted octanol–water partition coefficient (Wildman–Crippen LogP) is 1.91. The van der Waals surface area contributed by atoms with E-state index >= 15 is 0 Å². The number of nitrogens with zero attached hydrogens (tertiary/aromatic N) is 5. The van der Waals surface area contributed by atoms with Gasteiger partial charge in [-0.3, -0.25) is 10.1 Å². The van der Waals surface area contributed by atoms with E-state index in [0.29, 0.717) is 16.6 Å². The summed E-state index contributed by atoms with van der Waals surface area (Å²) in [6.45, 7) is 1.33. The van der Waals surface area contributed by atoms with Gasteiger partial charge in [0.05, 0.1) is 22.5 Å². The lowest BCUT2D eigenvalue weighted by molar-refractivity contribution is -0.387. The maximum Gasteiger partial charge on any atom is 0.283 e. The number of para-hydroxylation sites is 1.